The number of rotatable bonds is 8. The highest BCUT2D eigenvalue weighted by Crippen LogP contribution is 2.46. The van der Waals surface area contributed by atoms with Gasteiger partial charge in [-0.25, -0.2) is 13.1 Å². The molecule has 0 saturated carbocycles. The maximum Gasteiger partial charge on any atom is 0.422 e. The molecule has 3 aromatic rings. The number of aromatic nitrogens is 4. The molecule has 212 valence electrons. The van der Waals surface area contributed by atoms with E-state index in [1.807, 2.05) is 0 Å². The van der Waals surface area contributed by atoms with Crippen molar-refractivity contribution in [3.8, 4) is 5.75 Å². The third kappa shape index (κ3) is 5.46. The lowest BCUT2D eigenvalue weighted by Gasteiger charge is -2.36. The van der Waals surface area contributed by atoms with Gasteiger partial charge in [0.15, 0.2) is 16.4 Å². The number of sulfone groups is 1. The van der Waals surface area contributed by atoms with E-state index in [1.165, 1.54) is 16.8 Å². The molecule has 0 saturated heterocycles. The third-order valence-corrected chi connectivity index (χ3v) is 7.50. The van der Waals surface area contributed by atoms with Crippen molar-refractivity contribution < 1.29 is 35.9 Å². The Kier molecular flexibility index (Phi) is 6.72. The number of halogens is 3. The molecular weight excluding hydrogens is 553 g/mol. The predicted molar refractivity (Wildman–Crippen MR) is 136 cm³/mol. The number of alkyl halides is 3. The van der Waals surface area contributed by atoms with E-state index >= 15 is 0 Å². The van der Waals surface area contributed by atoms with E-state index in [9.17, 15) is 31.2 Å². The van der Waals surface area contributed by atoms with E-state index in [0.29, 0.717) is 35.4 Å². The first-order valence-electron chi connectivity index (χ1n) is 12.1. The van der Waals surface area contributed by atoms with Gasteiger partial charge in [-0.3, -0.25) is 14.3 Å². The number of hydrogen-bond acceptors (Lipinski definition) is 7. The van der Waals surface area contributed by atoms with Crippen molar-refractivity contribution in [1.29, 1.82) is 0 Å². The standard InChI is InChI=1S/C25H25F3N6O5S/c1-15-10-16-11-17(39-14-25(26,27)28)4-5-18(16)24(15)12-19-21(23(36)31-24)22(30-20(35)13-40(2,37)38)34(32-19)9-8-33-7-3-6-29-33/h3-7,11H,1,8-10,12-14H2,2H3,(H,30,35)(H,31,36)/t24-/m0/s1. The Balaban J connectivity index is 1.49. The molecule has 2 N–H and O–H groups in total. The highest BCUT2D eigenvalue weighted by Gasteiger charge is 2.49. The van der Waals surface area contributed by atoms with E-state index < -0.39 is 45.7 Å². The van der Waals surface area contributed by atoms with Crippen molar-refractivity contribution in [1.82, 2.24) is 24.9 Å². The molecule has 0 fully saturated rings. The minimum absolute atomic E-state index is 0.0440. The summed E-state index contributed by atoms with van der Waals surface area (Å²) in [5, 5.41) is 14.3. The Morgan fingerprint density at radius 2 is 2.08 bits per heavy atom. The number of carbonyl (C=O) groups is 2. The zero-order valence-electron chi connectivity index (χ0n) is 21.3. The molecule has 0 bridgehead atoms. The summed E-state index contributed by atoms with van der Waals surface area (Å²) in [6.45, 7) is 3.27. The van der Waals surface area contributed by atoms with Gasteiger partial charge in [-0.15, -0.1) is 0 Å². The van der Waals surface area contributed by atoms with Crippen molar-refractivity contribution in [2.24, 2.45) is 0 Å². The molecule has 1 atom stereocenters. The van der Waals surface area contributed by atoms with Crippen LogP contribution in [0.5, 0.6) is 5.75 Å². The molecule has 1 aliphatic heterocycles. The van der Waals surface area contributed by atoms with Crippen molar-refractivity contribution in [2.45, 2.75) is 37.6 Å². The molecule has 1 spiro atoms. The van der Waals surface area contributed by atoms with Crippen molar-refractivity contribution in [2.75, 3.05) is 23.9 Å². The van der Waals surface area contributed by atoms with Crippen LogP contribution in [0.2, 0.25) is 0 Å². The van der Waals surface area contributed by atoms with Crippen LogP contribution in [-0.2, 0) is 46.1 Å². The van der Waals surface area contributed by atoms with Gasteiger partial charge in [-0.1, -0.05) is 12.6 Å². The maximum absolute atomic E-state index is 13.6. The predicted octanol–water partition coefficient (Wildman–Crippen LogP) is 2.00. The average Bonchev–Trinajstić information content (AvgIpc) is 3.53. The van der Waals surface area contributed by atoms with Gasteiger partial charge in [0.25, 0.3) is 5.91 Å². The normalized spacial score (nSPS) is 18.4. The SMILES string of the molecule is C=C1Cc2cc(OCC(F)(F)F)ccc2[C@]12Cc1nn(CCn3cccn3)c(NC(=O)CS(C)(=O)=O)c1C(=O)N2. The molecule has 0 radical (unpaired) electrons. The molecule has 1 aliphatic carbocycles. The van der Waals surface area contributed by atoms with Crippen LogP contribution in [0.4, 0.5) is 19.0 Å². The second kappa shape index (κ2) is 9.80. The van der Waals surface area contributed by atoms with Crippen LogP contribution in [0.3, 0.4) is 0 Å². The molecule has 2 aromatic heterocycles. The summed E-state index contributed by atoms with van der Waals surface area (Å²) in [4.78, 5) is 26.1. The molecule has 11 nitrogen and oxygen atoms in total. The largest absolute Gasteiger partial charge is 0.484 e. The first-order valence-corrected chi connectivity index (χ1v) is 14.2. The van der Waals surface area contributed by atoms with E-state index in [0.717, 1.165) is 6.26 Å². The minimum Gasteiger partial charge on any atom is -0.484 e. The Morgan fingerprint density at radius 1 is 1.30 bits per heavy atom. The van der Waals surface area contributed by atoms with Crippen LogP contribution < -0.4 is 15.4 Å². The Bertz CT molecular complexity index is 1610. The van der Waals surface area contributed by atoms with Crippen LogP contribution in [0.1, 0.15) is 27.2 Å². The Hall–Kier alpha value is -4.14. The van der Waals surface area contributed by atoms with E-state index in [1.54, 1.807) is 29.2 Å². The van der Waals surface area contributed by atoms with Crippen molar-refractivity contribution >= 4 is 27.5 Å². The monoisotopic (exact) mass is 578 g/mol. The van der Waals surface area contributed by atoms with Crippen molar-refractivity contribution in [3.63, 3.8) is 0 Å². The number of benzene rings is 1. The number of anilines is 1. The van der Waals surface area contributed by atoms with Gasteiger partial charge in [-0.05, 0) is 41.3 Å². The lowest BCUT2D eigenvalue weighted by atomic mass is 9.80. The van der Waals surface area contributed by atoms with Gasteiger partial charge in [0.1, 0.15) is 22.9 Å². The summed E-state index contributed by atoms with van der Waals surface area (Å²) in [7, 11) is -3.64. The summed E-state index contributed by atoms with van der Waals surface area (Å²) in [6, 6.07) is 6.26. The Labute approximate surface area is 226 Å². The minimum atomic E-state index is -4.48. The summed E-state index contributed by atoms with van der Waals surface area (Å²) < 4.78 is 69.2. The number of ether oxygens (including phenoxy) is 1. The van der Waals surface area contributed by atoms with E-state index in [2.05, 4.69) is 27.4 Å². The van der Waals surface area contributed by atoms with Gasteiger partial charge in [0.2, 0.25) is 5.91 Å². The molecule has 1 aromatic carbocycles. The number of fused-ring (bicyclic) bond motifs is 3. The number of carbonyl (C=O) groups excluding carboxylic acids is 2. The second-order valence-corrected chi connectivity index (χ2v) is 12.0. The summed E-state index contributed by atoms with van der Waals surface area (Å²) in [5.74, 6) is -2.06. The summed E-state index contributed by atoms with van der Waals surface area (Å²) in [5.41, 5.74) is 1.31. The van der Waals surface area contributed by atoms with Crippen molar-refractivity contribution in [3.05, 3.63) is 71.2 Å². The fraction of sp³-hybridized carbons (Fsp3) is 0.360. The highest BCUT2D eigenvalue weighted by atomic mass is 32.2. The van der Waals surface area contributed by atoms with Gasteiger partial charge in [0.05, 0.1) is 24.3 Å². The van der Waals surface area contributed by atoms with Gasteiger partial charge in [-0.2, -0.15) is 23.4 Å². The zero-order chi connectivity index (χ0) is 28.9. The van der Waals surface area contributed by atoms with Gasteiger partial charge >= 0.3 is 6.18 Å². The van der Waals surface area contributed by atoms with Crippen LogP contribution in [0, 0.1) is 0 Å². The molecule has 0 unspecified atom stereocenters. The first-order chi connectivity index (χ1) is 18.7. The quantitative estimate of drug-likeness (QED) is 0.390. The number of aryl methyl sites for hydroxylation is 2. The van der Waals surface area contributed by atoms with E-state index in [4.69, 9.17) is 4.74 Å². The number of nitrogens with zero attached hydrogens (tertiary/aromatic N) is 4. The second-order valence-electron chi connectivity index (χ2n) is 9.82. The molecule has 40 heavy (non-hydrogen) atoms. The molecule has 5 rings (SSSR count). The first kappa shape index (κ1) is 27.4. The van der Waals surface area contributed by atoms with Crippen LogP contribution in [0.15, 0.2) is 48.8 Å². The maximum atomic E-state index is 13.6. The number of amides is 2. The lowest BCUT2D eigenvalue weighted by molar-refractivity contribution is -0.153. The highest BCUT2D eigenvalue weighted by molar-refractivity contribution is 7.91. The summed E-state index contributed by atoms with van der Waals surface area (Å²) in [6.07, 6.45) is 0.235. The summed E-state index contributed by atoms with van der Waals surface area (Å²) >= 11 is 0. The van der Waals surface area contributed by atoms with Crippen LogP contribution >= 0.6 is 0 Å². The zero-order valence-corrected chi connectivity index (χ0v) is 22.1. The fourth-order valence-corrected chi connectivity index (χ4v) is 5.63. The van der Waals surface area contributed by atoms with Gasteiger partial charge < -0.3 is 15.4 Å². The van der Waals surface area contributed by atoms with Crippen LogP contribution in [0.25, 0.3) is 0 Å². The van der Waals surface area contributed by atoms with Crippen LogP contribution in [-0.4, -0.2) is 64.6 Å². The molecular formula is C25H25F3N6O5S. The fourth-order valence-electron chi connectivity index (χ4n) is 5.09. The average molecular weight is 579 g/mol. The lowest BCUT2D eigenvalue weighted by Crippen LogP contribution is -2.50. The molecule has 2 aliphatic rings. The van der Waals surface area contributed by atoms with E-state index in [-0.39, 0.29) is 30.1 Å². The molecule has 3 heterocycles. The van der Waals surface area contributed by atoms with Gasteiger partial charge in [0, 0.05) is 25.1 Å². The Morgan fingerprint density at radius 3 is 2.75 bits per heavy atom. The molecule has 2 amide bonds. The third-order valence-electron chi connectivity index (χ3n) is 6.71. The molecule has 15 heteroatoms. The smallest absolute Gasteiger partial charge is 0.422 e. The topological polar surface area (TPSA) is 137 Å². The number of nitrogens with one attached hydrogen (secondary N) is 2. The number of hydrogen-bond donors (Lipinski definition) is 2.